The third kappa shape index (κ3) is 8.59. The van der Waals surface area contributed by atoms with E-state index in [1.807, 2.05) is 6.92 Å². The molecule has 2 rings (SSSR count). The topological polar surface area (TPSA) is 106 Å². The molecule has 8 heteroatoms. The van der Waals surface area contributed by atoms with Crippen LogP contribution in [0.5, 0.6) is 5.75 Å². The van der Waals surface area contributed by atoms with E-state index >= 15 is 0 Å². The van der Waals surface area contributed by atoms with Crippen LogP contribution in [0.4, 0.5) is 0 Å². The predicted molar refractivity (Wildman–Crippen MR) is 126 cm³/mol. The molecule has 170 valence electrons. The highest BCUT2D eigenvalue weighted by atomic mass is 32.2. The van der Waals surface area contributed by atoms with Crippen LogP contribution in [0.3, 0.4) is 0 Å². The van der Waals surface area contributed by atoms with Crippen LogP contribution in [-0.4, -0.2) is 27.5 Å². The van der Waals surface area contributed by atoms with Gasteiger partial charge in [-0.3, -0.25) is 0 Å². The van der Waals surface area contributed by atoms with Crippen LogP contribution in [-0.2, 0) is 23.1 Å². The maximum Gasteiger partial charge on any atom is 0.238 e. The lowest BCUT2D eigenvalue weighted by Gasteiger charge is -2.15. The zero-order valence-corrected chi connectivity index (χ0v) is 19.5. The van der Waals surface area contributed by atoms with Gasteiger partial charge in [0.2, 0.25) is 10.0 Å². The van der Waals surface area contributed by atoms with E-state index in [0.29, 0.717) is 25.7 Å². The number of guanidine groups is 1. The average Bonchev–Trinajstić information content (AvgIpc) is 2.74. The SMILES string of the molecule is CCCCCOc1cc(C)ccc1CNC(=NCc1ccc(S(N)(=O)=O)cc1)NCC. The summed E-state index contributed by atoms with van der Waals surface area (Å²) in [5.41, 5.74) is 3.13. The number of unbranched alkanes of at least 4 members (excludes halogenated alkanes) is 2. The Morgan fingerprint density at radius 1 is 1.06 bits per heavy atom. The molecule has 0 amide bonds. The van der Waals surface area contributed by atoms with Gasteiger partial charge in [0, 0.05) is 18.7 Å². The van der Waals surface area contributed by atoms with E-state index in [0.717, 1.165) is 41.8 Å². The normalized spacial score (nSPS) is 11.9. The van der Waals surface area contributed by atoms with Crippen molar-refractivity contribution in [2.45, 2.75) is 58.0 Å². The zero-order chi connectivity index (χ0) is 22.7. The van der Waals surface area contributed by atoms with E-state index in [1.54, 1.807) is 12.1 Å². The van der Waals surface area contributed by atoms with Crippen molar-refractivity contribution >= 4 is 16.0 Å². The average molecular weight is 447 g/mol. The minimum atomic E-state index is -3.69. The number of aliphatic imine (C=N–C) groups is 1. The second-order valence-corrected chi connectivity index (χ2v) is 8.97. The molecule has 0 aliphatic heterocycles. The molecule has 2 aromatic rings. The summed E-state index contributed by atoms with van der Waals surface area (Å²) in [5.74, 6) is 1.58. The van der Waals surface area contributed by atoms with Gasteiger partial charge in [-0.15, -0.1) is 0 Å². The summed E-state index contributed by atoms with van der Waals surface area (Å²) in [7, 11) is -3.69. The number of hydrogen-bond acceptors (Lipinski definition) is 4. The van der Waals surface area contributed by atoms with E-state index < -0.39 is 10.0 Å². The minimum absolute atomic E-state index is 0.0936. The van der Waals surface area contributed by atoms with Crippen LogP contribution in [0.25, 0.3) is 0 Å². The monoisotopic (exact) mass is 446 g/mol. The lowest BCUT2D eigenvalue weighted by Crippen LogP contribution is -2.36. The number of rotatable bonds is 11. The molecule has 0 spiro atoms. The number of nitrogens with one attached hydrogen (secondary N) is 2. The number of hydrogen-bond donors (Lipinski definition) is 3. The summed E-state index contributed by atoms with van der Waals surface area (Å²) < 4.78 is 28.8. The first kappa shape index (κ1) is 24.7. The van der Waals surface area contributed by atoms with Crippen molar-refractivity contribution in [3.8, 4) is 5.75 Å². The van der Waals surface area contributed by atoms with Gasteiger partial charge in [-0.2, -0.15) is 0 Å². The summed E-state index contributed by atoms with van der Waals surface area (Å²) in [5, 5.41) is 11.7. The fourth-order valence-corrected chi connectivity index (χ4v) is 3.47. The molecule has 0 aliphatic rings. The second-order valence-electron chi connectivity index (χ2n) is 7.40. The highest BCUT2D eigenvalue weighted by Gasteiger charge is 2.08. The van der Waals surface area contributed by atoms with Crippen molar-refractivity contribution in [3.63, 3.8) is 0 Å². The van der Waals surface area contributed by atoms with Crippen LogP contribution >= 0.6 is 0 Å². The van der Waals surface area contributed by atoms with Crippen molar-refractivity contribution in [1.82, 2.24) is 10.6 Å². The maximum absolute atomic E-state index is 11.4. The standard InChI is InChI=1S/C23H34N4O3S/c1-4-6-7-14-30-22-15-18(3)8-11-20(22)17-27-23(25-5-2)26-16-19-9-12-21(13-10-19)31(24,28)29/h8-13,15H,4-7,14,16-17H2,1-3H3,(H2,24,28,29)(H2,25,26,27). The van der Waals surface area contributed by atoms with E-state index in [4.69, 9.17) is 9.88 Å². The summed E-state index contributed by atoms with van der Waals surface area (Å²) in [6, 6.07) is 12.6. The first-order valence-electron chi connectivity index (χ1n) is 10.7. The van der Waals surface area contributed by atoms with E-state index in [2.05, 4.69) is 47.7 Å². The van der Waals surface area contributed by atoms with Crippen molar-refractivity contribution < 1.29 is 13.2 Å². The number of primary sulfonamides is 1. The molecular formula is C23H34N4O3S. The van der Waals surface area contributed by atoms with Crippen LogP contribution in [0.15, 0.2) is 52.4 Å². The summed E-state index contributed by atoms with van der Waals surface area (Å²) in [4.78, 5) is 4.69. The first-order chi connectivity index (χ1) is 14.8. The quantitative estimate of drug-likeness (QED) is 0.278. The first-order valence-corrected chi connectivity index (χ1v) is 12.2. The van der Waals surface area contributed by atoms with Gasteiger partial charge in [0.15, 0.2) is 5.96 Å². The van der Waals surface area contributed by atoms with Gasteiger partial charge in [-0.1, -0.05) is 44.0 Å². The molecule has 4 N–H and O–H groups in total. The van der Waals surface area contributed by atoms with Gasteiger partial charge in [-0.05, 0) is 49.6 Å². The van der Waals surface area contributed by atoms with Crippen molar-refractivity contribution in [2.24, 2.45) is 10.1 Å². The largest absolute Gasteiger partial charge is 0.493 e. The van der Waals surface area contributed by atoms with E-state index in [1.165, 1.54) is 18.6 Å². The minimum Gasteiger partial charge on any atom is -0.493 e. The molecule has 7 nitrogen and oxygen atoms in total. The predicted octanol–water partition coefficient (Wildman–Crippen LogP) is 3.47. The number of nitrogens with two attached hydrogens (primary N) is 1. The number of aryl methyl sites for hydroxylation is 1. The van der Waals surface area contributed by atoms with Crippen molar-refractivity contribution in [3.05, 3.63) is 59.2 Å². The lowest BCUT2D eigenvalue weighted by atomic mass is 10.1. The third-order valence-electron chi connectivity index (χ3n) is 4.69. The molecule has 0 fully saturated rings. The zero-order valence-electron chi connectivity index (χ0n) is 18.6. The van der Waals surface area contributed by atoms with Gasteiger partial charge < -0.3 is 15.4 Å². The number of ether oxygens (including phenoxy) is 1. The van der Waals surface area contributed by atoms with Gasteiger partial charge in [0.05, 0.1) is 18.0 Å². The van der Waals surface area contributed by atoms with E-state index in [-0.39, 0.29) is 4.90 Å². The van der Waals surface area contributed by atoms with Crippen LogP contribution in [0.2, 0.25) is 0 Å². The summed E-state index contributed by atoms with van der Waals surface area (Å²) in [6.07, 6.45) is 3.37. The molecule has 0 heterocycles. The Hall–Kier alpha value is -2.58. The van der Waals surface area contributed by atoms with Gasteiger partial charge in [0.25, 0.3) is 0 Å². The molecular weight excluding hydrogens is 412 g/mol. The third-order valence-corrected chi connectivity index (χ3v) is 5.62. The summed E-state index contributed by atoms with van der Waals surface area (Å²) >= 11 is 0. The molecule has 2 aromatic carbocycles. The van der Waals surface area contributed by atoms with Gasteiger partial charge in [0.1, 0.15) is 5.75 Å². The number of nitrogens with zero attached hydrogens (tertiary/aromatic N) is 1. The van der Waals surface area contributed by atoms with Crippen LogP contribution in [0.1, 0.15) is 49.8 Å². The molecule has 0 aromatic heterocycles. The number of sulfonamides is 1. The maximum atomic E-state index is 11.4. The Morgan fingerprint density at radius 2 is 1.81 bits per heavy atom. The molecule has 0 atom stereocenters. The molecule has 0 saturated heterocycles. The number of benzene rings is 2. The van der Waals surface area contributed by atoms with Crippen LogP contribution < -0.4 is 20.5 Å². The Balaban J connectivity index is 2.03. The fraction of sp³-hybridized carbons (Fsp3) is 0.435. The summed E-state index contributed by atoms with van der Waals surface area (Å²) in [6.45, 7) is 8.68. The molecule has 0 aliphatic carbocycles. The Labute approximate surface area is 186 Å². The highest BCUT2D eigenvalue weighted by molar-refractivity contribution is 7.89. The Morgan fingerprint density at radius 3 is 2.45 bits per heavy atom. The molecule has 31 heavy (non-hydrogen) atoms. The Kier molecular flexibility index (Phi) is 9.81. The smallest absolute Gasteiger partial charge is 0.238 e. The van der Waals surface area contributed by atoms with Crippen molar-refractivity contribution in [2.75, 3.05) is 13.2 Å². The second kappa shape index (κ2) is 12.3. The molecule has 0 unspecified atom stereocenters. The molecule has 0 saturated carbocycles. The van der Waals surface area contributed by atoms with Crippen molar-refractivity contribution in [1.29, 1.82) is 0 Å². The fourth-order valence-electron chi connectivity index (χ4n) is 2.95. The molecule has 0 radical (unpaired) electrons. The lowest BCUT2D eigenvalue weighted by molar-refractivity contribution is 0.303. The van der Waals surface area contributed by atoms with Gasteiger partial charge in [-0.25, -0.2) is 18.5 Å². The van der Waals surface area contributed by atoms with Crippen LogP contribution in [0, 0.1) is 6.92 Å². The highest BCUT2D eigenvalue weighted by Crippen LogP contribution is 2.21. The van der Waals surface area contributed by atoms with Gasteiger partial charge >= 0.3 is 0 Å². The van der Waals surface area contributed by atoms with E-state index in [9.17, 15) is 8.42 Å². The Bertz CT molecular complexity index is 957. The molecule has 0 bridgehead atoms.